The zero-order valence-electron chi connectivity index (χ0n) is 8.80. The molecule has 0 fully saturated rings. The van der Waals surface area contributed by atoms with Gasteiger partial charge in [0, 0.05) is 13.0 Å². The Balaban J connectivity index is 3.67. The number of likely N-dealkylation sites (N-methyl/N-ethyl adjacent to an activating group) is 1. The Morgan fingerprint density at radius 3 is 2.57 bits per heavy atom. The van der Waals surface area contributed by atoms with Crippen molar-refractivity contribution in [3.8, 4) is 0 Å². The van der Waals surface area contributed by atoms with Gasteiger partial charge in [-0.1, -0.05) is 6.92 Å². The summed E-state index contributed by atoms with van der Waals surface area (Å²) in [6.45, 7) is 2.46. The van der Waals surface area contributed by atoms with Gasteiger partial charge in [0.05, 0.1) is 6.54 Å². The highest BCUT2D eigenvalue weighted by Crippen LogP contribution is 2.03. The lowest BCUT2D eigenvalue weighted by Crippen LogP contribution is -2.37. The van der Waals surface area contributed by atoms with Crippen molar-refractivity contribution < 1.29 is 9.59 Å². The third kappa shape index (κ3) is 5.53. The summed E-state index contributed by atoms with van der Waals surface area (Å²) in [4.78, 5) is 22.1. The van der Waals surface area contributed by atoms with Gasteiger partial charge < -0.3 is 16.4 Å². The van der Waals surface area contributed by atoms with Crippen molar-refractivity contribution in [1.82, 2.24) is 10.6 Å². The van der Waals surface area contributed by atoms with Crippen LogP contribution >= 0.6 is 0 Å². The van der Waals surface area contributed by atoms with Gasteiger partial charge in [-0.05, 0) is 19.4 Å². The van der Waals surface area contributed by atoms with Crippen LogP contribution in [-0.4, -0.2) is 32.0 Å². The van der Waals surface area contributed by atoms with Gasteiger partial charge >= 0.3 is 0 Å². The first-order valence-electron chi connectivity index (χ1n) is 4.80. The second kappa shape index (κ2) is 7.32. The highest BCUT2D eigenvalue weighted by Gasteiger charge is 2.12. The average Bonchev–Trinajstić information content (AvgIpc) is 2.21. The highest BCUT2D eigenvalue weighted by molar-refractivity contribution is 5.85. The van der Waals surface area contributed by atoms with Gasteiger partial charge in [0.15, 0.2) is 0 Å². The summed E-state index contributed by atoms with van der Waals surface area (Å²) >= 11 is 0. The minimum Gasteiger partial charge on any atom is -0.358 e. The summed E-state index contributed by atoms with van der Waals surface area (Å²) < 4.78 is 0. The van der Waals surface area contributed by atoms with Crippen molar-refractivity contribution in [1.29, 1.82) is 0 Å². The first-order chi connectivity index (χ1) is 6.61. The van der Waals surface area contributed by atoms with Crippen molar-refractivity contribution in [3.05, 3.63) is 0 Å². The summed E-state index contributed by atoms with van der Waals surface area (Å²) in [5, 5.41) is 4.98. The van der Waals surface area contributed by atoms with E-state index in [1.807, 2.05) is 6.92 Å². The summed E-state index contributed by atoms with van der Waals surface area (Å²) in [5.41, 5.74) is 5.32. The predicted molar refractivity (Wildman–Crippen MR) is 54.5 cm³/mol. The molecule has 5 nitrogen and oxygen atoms in total. The third-order valence-corrected chi connectivity index (χ3v) is 1.99. The third-order valence-electron chi connectivity index (χ3n) is 1.99. The topological polar surface area (TPSA) is 84.2 Å². The molecule has 82 valence electrons. The minimum atomic E-state index is -0.190. The molecule has 0 aliphatic heterocycles. The molecule has 14 heavy (non-hydrogen) atoms. The van der Waals surface area contributed by atoms with Gasteiger partial charge in [-0.15, -0.1) is 0 Å². The summed E-state index contributed by atoms with van der Waals surface area (Å²) in [5.74, 6) is -0.366. The van der Waals surface area contributed by atoms with E-state index in [2.05, 4.69) is 10.6 Å². The maximum atomic E-state index is 11.3. The lowest BCUT2D eigenvalue weighted by molar-refractivity contribution is -0.128. The molecule has 0 heterocycles. The molecular formula is C9H19N3O2. The molecule has 0 saturated carbocycles. The van der Waals surface area contributed by atoms with Crippen molar-refractivity contribution in [2.75, 3.05) is 20.1 Å². The Labute approximate surface area is 84.4 Å². The quantitative estimate of drug-likeness (QED) is 0.527. The number of amides is 2. The van der Waals surface area contributed by atoms with Crippen LogP contribution in [0.15, 0.2) is 0 Å². The van der Waals surface area contributed by atoms with Crippen LogP contribution in [0.4, 0.5) is 0 Å². The average molecular weight is 201 g/mol. The first-order valence-corrected chi connectivity index (χ1v) is 4.80. The lowest BCUT2D eigenvalue weighted by Gasteiger charge is -2.10. The van der Waals surface area contributed by atoms with Crippen LogP contribution in [0.5, 0.6) is 0 Å². The molecule has 1 atom stereocenters. The molecule has 0 aliphatic carbocycles. The van der Waals surface area contributed by atoms with Crippen LogP contribution in [0.1, 0.15) is 19.8 Å². The monoisotopic (exact) mass is 201 g/mol. The second-order valence-electron chi connectivity index (χ2n) is 3.22. The molecule has 0 aromatic heterocycles. The maximum absolute atomic E-state index is 11.3. The summed E-state index contributed by atoms with van der Waals surface area (Å²) in [6.07, 6.45) is 1.59. The molecular weight excluding hydrogens is 182 g/mol. The fraction of sp³-hybridized carbons (Fsp3) is 0.778. The normalized spacial score (nSPS) is 11.9. The molecule has 0 aromatic carbocycles. The number of hydrogen-bond acceptors (Lipinski definition) is 3. The zero-order valence-corrected chi connectivity index (χ0v) is 8.80. The maximum Gasteiger partial charge on any atom is 0.239 e. The first kappa shape index (κ1) is 12.9. The van der Waals surface area contributed by atoms with E-state index in [-0.39, 0.29) is 24.3 Å². The van der Waals surface area contributed by atoms with Gasteiger partial charge in [-0.25, -0.2) is 0 Å². The van der Waals surface area contributed by atoms with Crippen molar-refractivity contribution in [3.63, 3.8) is 0 Å². The van der Waals surface area contributed by atoms with Crippen molar-refractivity contribution >= 4 is 11.8 Å². The molecule has 4 N–H and O–H groups in total. The SMILES string of the molecule is CNC(=O)CNC(=O)C(C)CCCN. The number of hydrogen-bond donors (Lipinski definition) is 3. The predicted octanol–water partition coefficient (Wildman–Crippen LogP) is -0.776. The largest absolute Gasteiger partial charge is 0.358 e. The van der Waals surface area contributed by atoms with E-state index in [1.165, 1.54) is 7.05 Å². The number of rotatable bonds is 6. The van der Waals surface area contributed by atoms with Crippen LogP contribution in [0.25, 0.3) is 0 Å². The van der Waals surface area contributed by atoms with Crippen LogP contribution in [0.3, 0.4) is 0 Å². The number of carbonyl (C=O) groups is 2. The van der Waals surface area contributed by atoms with E-state index in [1.54, 1.807) is 0 Å². The number of nitrogens with two attached hydrogens (primary N) is 1. The minimum absolute atomic E-state index is 0.0439. The van der Waals surface area contributed by atoms with Crippen LogP contribution < -0.4 is 16.4 Å². The van der Waals surface area contributed by atoms with Crippen molar-refractivity contribution in [2.24, 2.45) is 11.7 Å². The van der Waals surface area contributed by atoms with E-state index in [9.17, 15) is 9.59 Å². The fourth-order valence-electron chi connectivity index (χ4n) is 0.985. The Morgan fingerprint density at radius 2 is 2.07 bits per heavy atom. The van der Waals surface area contributed by atoms with Gasteiger partial charge in [-0.3, -0.25) is 9.59 Å². The van der Waals surface area contributed by atoms with Crippen LogP contribution in [-0.2, 0) is 9.59 Å². The Hall–Kier alpha value is -1.10. The lowest BCUT2D eigenvalue weighted by atomic mass is 10.1. The standard InChI is InChI=1S/C9H19N3O2/c1-7(4-3-5-10)9(14)12-6-8(13)11-2/h7H,3-6,10H2,1-2H3,(H,11,13)(H,12,14). The van der Waals surface area contributed by atoms with Crippen LogP contribution in [0, 0.1) is 5.92 Å². The molecule has 5 heteroatoms. The highest BCUT2D eigenvalue weighted by atomic mass is 16.2. The molecule has 0 spiro atoms. The van der Waals surface area contributed by atoms with E-state index in [0.29, 0.717) is 6.54 Å². The molecule has 0 aromatic rings. The Kier molecular flexibility index (Phi) is 6.74. The van der Waals surface area contributed by atoms with Crippen LogP contribution in [0.2, 0.25) is 0 Å². The van der Waals surface area contributed by atoms with E-state index < -0.39 is 0 Å². The number of nitrogens with one attached hydrogen (secondary N) is 2. The summed E-state index contributed by atoms with van der Waals surface area (Å²) in [6, 6.07) is 0. The Bertz CT molecular complexity index is 194. The molecule has 2 amide bonds. The molecule has 0 saturated heterocycles. The zero-order chi connectivity index (χ0) is 11.0. The van der Waals surface area contributed by atoms with Gasteiger partial charge in [0.1, 0.15) is 0 Å². The van der Waals surface area contributed by atoms with Crippen molar-refractivity contribution in [2.45, 2.75) is 19.8 Å². The van der Waals surface area contributed by atoms with E-state index >= 15 is 0 Å². The second-order valence-corrected chi connectivity index (χ2v) is 3.22. The molecule has 0 bridgehead atoms. The number of carbonyl (C=O) groups excluding carboxylic acids is 2. The smallest absolute Gasteiger partial charge is 0.239 e. The fourth-order valence-corrected chi connectivity index (χ4v) is 0.985. The summed E-state index contributed by atoms with van der Waals surface area (Å²) in [7, 11) is 1.53. The van der Waals surface area contributed by atoms with E-state index in [4.69, 9.17) is 5.73 Å². The van der Waals surface area contributed by atoms with Gasteiger partial charge in [0.2, 0.25) is 11.8 Å². The molecule has 1 unspecified atom stereocenters. The molecule has 0 aliphatic rings. The molecule has 0 rings (SSSR count). The Morgan fingerprint density at radius 1 is 1.43 bits per heavy atom. The van der Waals surface area contributed by atoms with Gasteiger partial charge in [-0.2, -0.15) is 0 Å². The van der Waals surface area contributed by atoms with E-state index in [0.717, 1.165) is 12.8 Å². The molecule has 0 radical (unpaired) electrons. The van der Waals surface area contributed by atoms with Gasteiger partial charge in [0.25, 0.3) is 0 Å².